The van der Waals surface area contributed by atoms with Crippen LogP contribution >= 0.6 is 0 Å². The minimum absolute atomic E-state index is 0.0696. The zero-order valence-corrected chi connectivity index (χ0v) is 12.0. The highest BCUT2D eigenvalue weighted by molar-refractivity contribution is 5.98. The van der Waals surface area contributed by atoms with Gasteiger partial charge in [-0.25, -0.2) is 0 Å². The SMILES string of the molecule is Cc1c2ccc(N3CC(CN=[N+]=[N-])CC3=O)cc2nn1C. The zero-order valence-electron chi connectivity index (χ0n) is 12.0. The highest BCUT2D eigenvalue weighted by Crippen LogP contribution is 2.28. The highest BCUT2D eigenvalue weighted by Gasteiger charge is 2.30. The second kappa shape index (κ2) is 5.10. The number of carbonyl (C=O) groups excluding carboxylic acids is 1. The molecule has 7 nitrogen and oxygen atoms in total. The summed E-state index contributed by atoms with van der Waals surface area (Å²) in [5, 5.41) is 9.11. The molecule has 108 valence electrons. The van der Waals surface area contributed by atoms with E-state index in [4.69, 9.17) is 5.53 Å². The predicted molar refractivity (Wildman–Crippen MR) is 79.9 cm³/mol. The molecular formula is C14H16N6O. The van der Waals surface area contributed by atoms with Gasteiger partial charge >= 0.3 is 0 Å². The Kier molecular flexibility index (Phi) is 3.27. The van der Waals surface area contributed by atoms with Gasteiger partial charge in [0.25, 0.3) is 0 Å². The normalized spacial score (nSPS) is 18.3. The largest absolute Gasteiger partial charge is 0.312 e. The third-order valence-corrected chi connectivity index (χ3v) is 4.03. The van der Waals surface area contributed by atoms with Gasteiger partial charge in [-0.05, 0) is 36.6 Å². The summed E-state index contributed by atoms with van der Waals surface area (Å²) in [6.07, 6.45) is 0.429. The van der Waals surface area contributed by atoms with Gasteiger partial charge in [-0.2, -0.15) is 5.10 Å². The number of rotatable bonds is 3. The lowest BCUT2D eigenvalue weighted by atomic mass is 10.1. The maximum absolute atomic E-state index is 12.1. The summed E-state index contributed by atoms with van der Waals surface area (Å²) in [6, 6.07) is 5.89. The molecule has 1 atom stereocenters. The molecule has 0 N–H and O–H groups in total. The number of hydrogen-bond donors (Lipinski definition) is 0. The van der Waals surface area contributed by atoms with Crippen LogP contribution in [0.15, 0.2) is 23.3 Å². The first-order chi connectivity index (χ1) is 10.1. The average molecular weight is 284 g/mol. The van der Waals surface area contributed by atoms with Gasteiger partial charge in [-0.15, -0.1) is 0 Å². The van der Waals surface area contributed by atoms with Crippen LogP contribution in [0.25, 0.3) is 21.3 Å². The molecule has 0 bridgehead atoms. The van der Waals surface area contributed by atoms with Crippen molar-refractivity contribution in [1.82, 2.24) is 9.78 Å². The van der Waals surface area contributed by atoms with E-state index < -0.39 is 0 Å². The summed E-state index contributed by atoms with van der Waals surface area (Å²) < 4.78 is 1.84. The van der Waals surface area contributed by atoms with Gasteiger partial charge in [0.15, 0.2) is 0 Å². The zero-order chi connectivity index (χ0) is 15.0. The first-order valence-electron chi connectivity index (χ1n) is 6.84. The quantitative estimate of drug-likeness (QED) is 0.492. The van der Waals surface area contributed by atoms with Gasteiger partial charge in [-0.3, -0.25) is 9.48 Å². The second-order valence-electron chi connectivity index (χ2n) is 5.40. The van der Waals surface area contributed by atoms with Crippen LogP contribution in [0.2, 0.25) is 0 Å². The number of hydrogen-bond acceptors (Lipinski definition) is 3. The molecule has 1 unspecified atom stereocenters. The van der Waals surface area contributed by atoms with E-state index in [0.29, 0.717) is 19.5 Å². The molecule has 21 heavy (non-hydrogen) atoms. The summed E-state index contributed by atoms with van der Waals surface area (Å²) in [6.45, 7) is 2.98. The molecule has 1 aromatic carbocycles. The monoisotopic (exact) mass is 284 g/mol. The molecular weight excluding hydrogens is 268 g/mol. The Morgan fingerprint density at radius 3 is 3.10 bits per heavy atom. The molecule has 0 aliphatic carbocycles. The fraction of sp³-hybridized carbons (Fsp3) is 0.429. The van der Waals surface area contributed by atoms with E-state index in [-0.39, 0.29) is 11.8 Å². The molecule has 3 rings (SSSR count). The van der Waals surface area contributed by atoms with Crippen LogP contribution in [0.1, 0.15) is 12.1 Å². The Morgan fingerprint density at radius 1 is 1.52 bits per heavy atom. The standard InChI is InChI=1S/C14H16N6O/c1-9-12-4-3-11(6-13(12)17-19(9)2)20-8-10(5-14(20)21)7-16-18-15/h3-4,6,10H,5,7-8H2,1-2H3. The van der Waals surface area contributed by atoms with E-state index in [0.717, 1.165) is 22.3 Å². The molecule has 2 heterocycles. The van der Waals surface area contributed by atoms with E-state index in [1.54, 1.807) is 4.90 Å². The third kappa shape index (κ3) is 2.32. The molecule has 1 saturated heterocycles. The number of benzene rings is 1. The van der Waals surface area contributed by atoms with Crippen LogP contribution < -0.4 is 4.90 Å². The molecule has 1 aliphatic rings. The summed E-state index contributed by atoms with van der Waals surface area (Å²) >= 11 is 0. The van der Waals surface area contributed by atoms with Crippen LogP contribution in [-0.2, 0) is 11.8 Å². The first-order valence-corrected chi connectivity index (χ1v) is 6.84. The van der Waals surface area contributed by atoms with E-state index >= 15 is 0 Å². The molecule has 1 aliphatic heterocycles. The van der Waals surface area contributed by atoms with Gasteiger partial charge in [0, 0.05) is 48.2 Å². The fourth-order valence-corrected chi connectivity index (χ4v) is 2.79. The smallest absolute Gasteiger partial charge is 0.227 e. The number of aryl methyl sites for hydroxylation is 2. The highest BCUT2D eigenvalue weighted by atomic mass is 16.2. The first kappa shape index (κ1) is 13.5. The Morgan fingerprint density at radius 2 is 2.33 bits per heavy atom. The molecule has 0 saturated carbocycles. The summed E-state index contributed by atoms with van der Waals surface area (Å²) in [7, 11) is 1.91. The molecule has 0 spiro atoms. The van der Waals surface area contributed by atoms with Gasteiger partial charge in [0.1, 0.15) is 0 Å². The number of carbonyl (C=O) groups is 1. The van der Waals surface area contributed by atoms with Crippen LogP contribution in [-0.4, -0.2) is 28.8 Å². The minimum atomic E-state index is 0.0696. The van der Waals surface area contributed by atoms with Crippen molar-refractivity contribution < 1.29 is 4.79 Å². The Bertz CT molecular complexity index is 758. The van der Waals surface area contributed by atoms with Crippen molar-refractivity contribution in [3.05, 3.63) is 34.3 Å². The summed E-state index contributed by atoms with van der Waals surface area (Å²) in [5.74, 6) is 0.162. The van der Waals surface area contributed by atoms with Crippen LogP contribution in [0.5, 0.6) is 0 Å². The van der Waals surface area contributed by atoms with Crippen molar-refractivity contribution in [2.45, 2.75) is 13.3 Å². The van der Waals surface area contributed by atoms with Gasteiger partial charge < -0.3 is 4.90 Å². The van der Waals surface area contributed by atoms with Gasteiger partial charge in [0.05, 0.1) is 5.52 Å². The van der Waals surface area contributed by atoms with Crippen molar-refractivity contribution in [3.63, 3.8) is 0 Å². The van der Waals surface area contributed by atoms with Crippen molar-refractivity contribution in [1.29, 1.82) is 0 Å². The van der Waals surface area contributed by atoms with Crippen molar-refractivity contribution in [2.75, 3.05) is 18.0 Å². The van der Waals surface area contributed by atoms with E-state index in [2.05, 4.69) is 15.1 Å². The number of fused-ring (bicyclic) bond motifs is 1. The van der Waals surface area contributed by atoms with Gasteiger partial charge in [0.2, 0.25) is 5.91 Å². The third-order valence-electron chi connectivity index (χ3n) is 4.03. The Balaban J connectivity index is 1.90. The van der Waals surface area contributed by atoms with Crippen molar-refractivity contribution in [3.8, 4) is 0 Å². The van der Waals surface area contributed by atoms with Crippen molar-refractivity contribution in [2.24, 2.45) is 18.1 Å². The maximum atomic E-state index is 12.1. The minimum Gasteiger partial charge on any atom is -0.312 e. The van der Waals surface area contributed by atoms with E-state index in [1.807, 2.05) is 36.9 Å². The number of nitrogens with zero attached hydrogens (tertiary/aromatic N) is 6. The molecule has 1 amide bonds. The number of amides is 1. The van der Waals surface area contributed by atoms with Crippen LogP contribution in [0.3, 0.4) is 0 Å². The fourth-order valence-electron chi connectivity index (χ4n) is 2.79. The second-order valence-corrected chi connectivity index (χ2v) is 5.40. The van der Waals surface area contributed by atoms with Gasteiger partial charge in [-0.1, -0.05) is 5.11 Å². The Hall–Kier alpha value is -2.53. The molecule has 0 radical (unpaired) electrons. The van der Waals surface area contributed by atoms with Crippen molar-refractivity contribution >= 4 is 22.5 Å². The number of azide groups is 1. The lowest BCUT2D eigenvalue weighted by Gasteiger charge is -2.16. The Labute approximate surface area is 121 Å². The molecule has 1 aromatic heterocycles. The molecule has 1 fully saturated rings. The summed E-state index contributed by atoms with van der Waals surface area (Å²) in [5.41, 5.74) is 11.2. The van der Waals surface area contributed by atoms with Crippen LogP contribution in [0, 0.1) is 12.8 Å². The average Bonchev–Trinajstić information content (AvgIpc) is 2.97. The van der Waals surface area contributed by atoms with Crippen LogP contribution in [0.4, 0.5) is 5.69 Å². The number of anilines is 1. The predicted octanol–water partition coefficient (Wildman–Crippen LogP) is 2.54. The molecule has 2 aromatic rings. The topological polar surface area (TPSA) is 86.9 Å². The lowest BCUT2D eigenvalue weighted by molar-refractivity contribution is -0.117. The lowest BCUT2D eigenvalue weighted by Crippen LogP contribution is -2.24. The summed E-state index contributed by atoms with van der Waals surface area (Å²) in [4.78, 5) is 16.6. The van der Waals surface area contributed by atoms with E-state index in [9.17, 15) is 4.79 Å². The molecule has 7 heteroatoms. The maximum Gasteiger partial charge on any atom is 0.227 e. The number of aromatic nitrogens is 2. The van der Waals surface area contributed by atoms with E-state index in [1.165, 1.54) is 0 Å².